The van der Waals surface area contributed by atoms with Crippen LogP contribution in [0.5, 0.6) is 0 Å². The Hall–Kier alpha value is -1.90. The second-order valence-corrected chi connectivity index (χ2v) is 12.2. The van der Waals surface area contributed by atoms with Gasteiger partial charge >= 0.3 is 0 Å². The van der Waals surface area contributed by atoms with Crippen molar-refractivity contribution in [2.24, 2.45) is 0 Å². The van der Waals surface area contributed by atoms with Gasteiger partial charge in [0.25, 0.3) is 5.91 Å². The fourth-order valence-electron chi connectivity index (χ4n) is 4.48. The first-order valence-corrected chi connectivity index (χ1v) is 12.4. The van der Waals surface area contributed by atoms with Crippen LogP contribution in [-0.2, 0) is 15.3 Å². The van der Waals surface area contributed by atoms with Crippen molar-refractivity contribution in [1.82, 2.24) is 10.3 Å². The first-order valence-electron chi connectivity index (χ1n) is 9.27. The van der Waals surface area contributed by atoms with Gasteiger partial charge in [0.05, 0.1) is 10.2 Å². The molecule has 3 aliphatic carbocycles. The number of hydrogen-bond acceptors (Lipinski definition) is 6. The van der Waals surface area contributed by atoms with E-state index in [1.165, 1.54) is 6.07 Å². The van der Waals surface area contributed by atoms with Crippen molar-refractivity contribution in [1.29, 1.82) is 0 Å². The molecule has 2 bridgehead atoms. The molecule has 3 saturated carbocycles. The van der Waals surface area contributed by atoms with E-state index in [0.29, 0.717) is 5.02 Å². The lowest BCUT2D eigenvalue weighted by Gasteiger charge is -2.69. The molecule has 2 aromatic heterocycles. The lowest BCUT2D eigenvalue weighted by atomic mass is 9.39. The Morgan fingerprint density at radius 1 is 1.28 bits per heavy atom. The number of hydrogen-bond donors (Lipinski definition) is 1. The maximum absolute atomic E-state index is 12.6. The molecular formula is C20H19ClN2O4S2. The van der Waals surface area contributed by atoms with Crippen molar-refractivity contribution in [3.05, 3.63) is 51.9 Å². The first kappa shape index (κ1) is 19.1. The van der Waals surface area contributed by atoms with E-state index >= 15 is 0 Å². The van der Waals surface area contributed by atoms with E-state index in [-0.39, 0.29) is 28.4 Å². The molecule has 1 atom stereocenters. The second-order valence-electron chi connectivity index (χ2n) is 8.35. The number of sulfone groups is 1. The molecule has 1 N–H and O–H groups in total. The van der Waals surface area contributed by atoms with E-state index in [2.05, 4.69) is 5.32 Å². The van der Waals surface area contributed by atoms with Gasteiger partial charge in [-0.1, -0.05) is 11.6 Å². The molecular weight excluding hydrogens is 432 g/mol. The summed E-state index contributed by atoms with van der Waals surface area (Å²) in [7, 11) is -3.28. The van der Waals surface area contributed by atoms with E-state index < -0.39 is 15.1 Å². The van der Waals surface area contributed by atoms with Gasteiger partial charge in [-0.3, -0.25) is 4.79 Å². The van der Waals surface area contributed by atoms with Crippen molar-refractivity contribution < 1.29 is 17.6 Å². The third-order valence-electron chi connectivity index (χ3n) is 6.11. The molecule has 0 radical (unpaired) electrons. The van der Waals surface area contributed by atoms with Gasteiger partial charge in [-0.05, 0) is 56.5 Å². The largest absolute Gasteiger partial charge is 0.455 e. The topological polar surface area (TPSA) is 89.3 Å². The standard InChI is InChI=1S/C20H19ClN2O4S2/c1-11(29(2,25)26)14-5-6-15(27-14)17(24)23-20-8-19(9-20,10-20)18-22-13-4-3-12(21)7-16(13)28-18/h3-7,11H,8-10H2,1-2H3,(H,23,24). The monoisotopic (exact) mass is 450 g/mol. The van der Waals surface area contributed by atoms with Crippen LogP contribution in [0.15, 0.2) is 34.7 Å². The molecule has 1 aromatic carbocycles. The number of nitrogens with zero attached hydrogens (tertiary/aromatic N) is 1. The normalized spacial score (nSPS) is 26.6. The van der Waals surface area contributed by atoms with Crippen LogP contribution in [-0.4, -0.2) is 31.1 Å². The average molecular weight is 451 g/mol. The molecule has 6 nitrogen and oxygen atoms in total. The fraction of sp³-hybridized carbons (Fsp3) is 0.400. The number of furan rings is 1. The third-order valence-corrected chi connectivity index (χ3v) is 9.12. The molecule has 3 aliphatic rings. The van der Waals surface area contributed by atoms with Crippen LogP contribution >= 0.6 is 22.9 Å². The molecule has 0 saturated heterocycles. The summed E-state index contributed by atoms with van der Waals surface area (Å²) in [5.74, 6) is 0.116. The Morgan fingerprint density at radius 2 is 2.00 bits per heavy atom. The van der Waals surface area contributed by atoms with Gasteiger partial charge in [0, 0.05) is 22.2 Å². The van der Waals surface area contributed by atoms with Crippen LogP contribution in [0.3, 0.4) is 0 Å². The Labute approximate surface area is 177 Å². The molecule has 29 heavy (non-hydrogen) atoms. The molecule has 1 amide bonds. The lowest BCUT2D eigenvalue weighted by Crippen LogP contribution is -2.76. The molecule has 3 aromatic rings. The number of fused-ring (bicyclic) bond motifs is 1. The van der Waals surface area contributed by atoms with E-state index in [9.17, 15) is 13.2 Å². The molecule has 9 heteroatoms. The zero-order chi connectivity index (χ0) is 20.6. The van der Waals surface area contributed by atoms with Crippen LogP contribution in [0.1, 0.15) is 52.8 Å². The minimum absolute atomic E-state index is 0.0442. The predicted octanol–water partition coefficient (Wildman–Crippen LogP) is 4.25. The summed E-state index contributed by atoms with van der Waals surface area (Å²) in [5, 5.41) is 4.10. The van der Waals surface area contributed by atoms with Gasteiger partial charge in [-0.25, -0.2) is 13.4 Å². The van der Waals surface area contributed by atoms with Gasteiger partial charge in [-0.2, -0.15) is 0 Å². The third kappa shape index (κ3) is 3.00. The second kappa shape index (κ2) is 6.06. The minimum atomic E-state index is -3.28. The van der Waals surface area contributed by atoms with Gasteiger partial charge in [-0.15, -0.1) is 11.3 Å². The quantitative estimate of drug-likeness (QED) is 0.627. The highest BCUT2D eigenvalue weighted by atomic mass is 35.5. The maximum atomic E-state index is 12.6. The van der Waals surface area contributed by atoms with E-state index in [0.717, 1.165) is 40.7 Å². The van der Waals surface area contributed by atoms with Gasteiger partial charge in [0.15, 0.2) is 15.6 Å². The highest BCUT2D eigenvalue weighted by Gasteiger charge is 2.70. The maximum Gasteiger partial charge on any atom is 0.287 e. The number of amides is 1. The average Bonchev–Trinajstić information content (AvgIpc) is 3.21. The first-order chi connectivity index (χ1) is 13.6. The molecule has 152 valence electrons. The summed E-state index contributed by atoms with van der Waals surface area (Å²) in [6, 6.07) is 8.81. The van der Waals surface area contributed by atoms with Crippen LogP contribution in [0.4, 0.5) is 0 Å². The Bertz CT molecular complexity index is 1240. The van der Waals surface area contributed by atoms with Crippen LogP contribution in [0.2, 0.25) is 5.02 Å². The summed E-state index contributed by atoms with van der Waals surface area (Å²) in [5.41, 5.74) is 0.783. The lowest BCUT2D eigenvalue weighted by molar-refractivity contribution is -0.0811. The van der Waals surface area contributed by atoms with Gasteiger partial charge in [0.2, 0.25) is 0 Å². The molecule has 0 aliphatic heterocycles. The molecule has 1 unspecified atom stereocenters. The van der Waals surface area contributed by atoms with Crippen LogP contribution in [0.25, 0.3) is 10.2 Å². The van der Waals surface area contributed by atoms with Crippen molar-refractivity contribution in [2.75, 3.05) is 6.26 Å². The summed E-state index contributed by atoms with van der Waals surface area (Å²) in [6.45, 7) is 1.55. The van der Waals surface area contributed by atoms with Crippen molar-refractivity contribution in [2.45, 2.75) is 42.4 Å². The van der Waals surface area contributed by atoms with Gasteiger partial charge < -0.3 is 9.73 Å². The summed E-state index contributed by atoms with van der Waals surface area (Å²) < 4.78 is 30.0. The summed E-state index contributed by atoms with van der Waals surface area (Å²) in [4.78, 5) is 17.4. The number of benzene rings is 1. The number of rotatable bonds is 5. The smallest absolute Gasteiger partial charge is 0.287 e. The number of carbonyl (C=O) groups excluding carboxylic acids is 1. The van der Waals surface area contributed by atoms with Crippen LogP contribution in [0, 0.1) is 0 Å². The van der Waals surface area contributed by atoms with Gasteiger partial charge in [0.1, 0.15) is 16.0 Å². The molecule has 0 spiro atoms. The van der Waals surface area contributed by atoms with Crippen molar-refractivity contribution >= 4 is 48.9 Å². The highest BCUT2D eigenvalue weighted by Crippen LogP contribution is 2.68. The number of halogens is 1. The molecule has 2 heterocycles. The number of nitrogens with one attached hydrogen (secondary N) is 1. The van der Waals surface area contributed by atoms with Crippen molar-refractivity contribution in [3.63, 3.8) is 0 Å². The summed E-state index contributed by atoms with van der Waals surface area (Å²) in [6.07, 6.45) is 3.71. The fourth-order valence-corrected chi connectivity index (χ4v) is 6.45. The van der Waals surface area contributed by atoms with Crippen molar-refractivity contribution in [3.8, 4) is 0 Å². The Kier molecular flexibility index (Phi) is 3.99. The van der Waals surface area contributed by atoms with E-state index in [1.807, 2.05) is 18.2 Å². The highest BCUT2D eigenvalue weighted by molar-refractivity contribution is 7.90. The molecule has 6 rings (SSSR count). The number of carbonyl (C=O) groups is 1. The van der Waals surface area contributed by atoms with E-state index in [1.54, 1.807) is 24.3 Å². The minimum Gasteiger partial charge on any atom is -0.455 e. The number of thiazole rings is 1. The zero-order valence-electron chi connectivity index (χ0n) is 15.9. The zero-order valence-corrected chi connectivity index (χ0v) is 18.2. The Morgan fingerprint density at radius 3 is 2.69 bits per heavy atom. The predicted molar refractivity (Wildman–Crippen MR) is 112 cm³/mol. The number of aromatic nitrogens is 1. The SMILES string of the molecule is CC(c1ccc(C(=O)NC23CC(c4nc5ccc(Cl)cc5s4)(C2)C3)o1)S(C)(=O)=O. The molecule has 3 fully saturated rings. The Balaban J connectivity index is 1.27. The summed E-state index contributed by atoms with van der Waals surface area (Å²) >= 11 is 7.74. The van der Waals surface area contributed by atoms with Crippen LogP contribution < -0.4 is 5.32 Å². The van der Waals surface area contributed by atoms with E-state index in [4.69, 9.17) is 21.0 Å².